The normalized spacial score (nSPS) is 27.2. The maximum Gasteiger partial charge on any atom is 0.243 e. The van der Waals surface area contributed by atoms with Crippen LogP contribution < -0.4 is 0 Å². The number of benzene rings is 1. The van der Waals surface area contributed by atoms with Crippen LogP contribution in [0.15, 0.2) is 29.2 Å². The van der Waals surface area contributed by atoms with Gasteiger partial charge in [-0.05, 0) is 52.2 Å². The maximum absolute atomic E-state index is 12.9. The van der Waals surface area contributed by atoms with Gasteiger partial charge >= 0.3 is 0 Å². The molecular weight excluding hydrogens is 326 g/mol. The van der Waals surface area contributed by atoms with Crippen LogP contribution >= 0.6 is 0 Å². The summed E-state index contributed by atoms with van der Waals surface area (Å²) in [4.78, 5) is 0.372. The molecule has 2 heterocycles. The van der Waals surface area contributed by atoms with E-state index >= 15 is 0 Å². The highest BCUT2D eigenvalue weighted by Crippen LogP contribution is 2.49. The topological polar surface area (TPSA) is 55.8 Å². The van der Waals surface area contributed by atoms with Gasteiger partial charge in [-0.1, -0.05) is 17.7 Å². The van der Waals surface area contributed by atoms with Gasteiger partial charge in [0.15, 0.2) is 0 Å². The van der Waals surface area contributed by atoms with Crippen molar-refractivity contribution in [1.82, 2.24) is 4.31 Å². The van der Waals surface area contributed by atoms with Crippen LogP contribution in [0.3, 0.4) is 0 Å². The number of nitrogens with zero attached hydrogens (tertiary/aromatic N) is 1. The fraction of sp³-hybridized carbons (Fsp3) is 0.667. The first-order valence-electron chi connectivity index (χ1n) is 8.45. The molecule has 0 amide bonds. The van der Waals surface area contributed by atoms with E-state index < -0.39 is 10.0 Å². The van der Waals surface area contributed by atoms with Gasteiger partial charge in [0.05, 0.1) is 22.7 Å². The van der Waals surface area contributed by atoms with E-state index in [-0.39, 0.29) is 17.2 Å². The number of methoxy groups -OCH3 is 1. The molecular formula is C18H27NO4S. The summed E-state index contributed by atoms with van der Waals surface area (Å²) in [5.74, 6) is 0. The van der Waals surface area contributed by atoms with Crippen molar-refractivity contribution in [3.8, 4) is 0 Å². The van der Waals surface area contributed by atoms with Crippen LogP contribution in [0.5, 0.6) is 0 Å². The van der Waals surface area contributed by atoms with E-state index in [0.29, 0.717) is 18.0 Å². The third kappa shape index (κ3) is 3.25. The van der Waals surface area contributed by atoms with Crippen LogP contribution in [0, 0.1) is 6.92 Å². The quantitative estimate of drug-likeness (QED) is 0.756. The van der Waals surface area contributed by atoms with Crippen molar-refractivity contribution in [3.63, 3.8) is 0 Å². The first-order chi connectivity index (χ1) is 11.2. The lowest BCUT2D eigenvalue weighted by Crippen LogP contribution is -2.44. The number of aryl methyl sites for hydroxylation is 1. The summed E-state index contributed by atoms with van der Waals surface area (Å²) < 4.78 is 38.8. The zero-order valence-corrected chi connectivity index (χ0v) is 15.7. The zero-order valence-electron chi connectivity index (χ0n) is 14.9. The summed E-state index contributed by atoms with van der Waals surface area (Å²) in [6.45, 7) is 7.06. The number of ether oxygens (including phenoxy) is 2. The third-order valence-electron chi connectivity index (χ3n) is 5.36. The minimum absolute atomic E-state index is 0.0757. The Bertz CT molecular complexity index is 690. The second-order valence-electron chi connectivity index (χ2n) is 7.67. The molecule has 1 aromatic carbocycles. The minimum atomic E-state index is -3.43. The summed E-state index contributed by atoms with van der Waals surface area (Å²) in [5, 5.41) is 0. The molecule has 1 aliphatic carbocycles. The van der Waals surface area contributed by atoms with Crippen LogP contribution in [0.2, 0.25) is 0 Å². The summed E-state index contributed by atoms with van der Waals surface area (Å²) >= 11 is 0. The molecule has 0 N–H and O–H groups in total. The molecule has 0 unspecified atom stereocenters. The maximum atomic E-state index is 12.9. The van der Waals surface area contributed by atoms with Crippen LogP contribution in [0.25, 0.3) is 0 Å². The Labute approximate surface area is 145 Å². The molecule has 5 nitrogen and oxygen atoms in total. The molecule has 134 valence electrons. The molecule has 3 fully saturated rings. The minimum Gasteiger partial charge on any atom is -0.379 e. The molecule has 6 heteroatoms. The molecule has 2 saturated heterocycles. The summed E-state index contributed by atoms with van der Waals surface area (Å²) in [7, 11) is -1.73. The van der Waals surface area contributed by atoms with Crippen LogP contribution in [-0.4, -0.2) is 50.2 Å². The third-order valence-corrected chi connectivity index (χ3v) is 7.27. The Hall–Kier alpha value is -0.950. The molecule has 24 heavy (non-hydrogen) atoms. The molecule has 2 bridgehead atoms. The first kappa shape index (κ1) is 17.9. The molecule has 2 aliphatic heterocycles. The monoisotopic (exact) mass is 353 g/mol. The van der Waals surface area contributed by atoms with Crippen molar-refractivity contribution < 1.29 is 17.9 Å². The van der Waals surface area contributed by atoms with E-state index in [4.69, 9.17) is 9.47 Å². The lowest BCUT2D eigenvalue weighted by molar-refractivity contribution is -0.0907. The predicted octanol–water partition coefficient (Wildman–Crippen LogP) is 2.73. The van der Waals surface area contributed by atoms with Gasteiger partial charge in [-0.25, -0.2) is 8.42 Å². The van der Waals surface area contributed by atoms with Crippen molar-refractivity contribution in [1.29, 1.82) is 0 Å². The standard InChI is InChI=1S/C18H27NO4S/c1-14-5-7-16(8-6-14)24(20,21)19-13-18(11-15(19)12-18)23-10-9-17(2,3)22-4/h5-8,15H,9-13H2,1-4H3. The van der Waals surface area contributed by atoms with Gasteiger partial charge in [0.1, 0.15) is 0 Å². The van der Waals surface area contributed by atoms with Gasteiger partial charge in [-0.2, -0.15) is 4.31 Å². The van der Waals surface area contributed by atoms with E-state index in [2.05, 4.69) is 0 Å². The van der Waals surface area contributed by atoms with Crippen molar-refractivity contribution in [2.45, 2.75) is 62.2 Å². The van der Waals surface area contributed by atoms with Gasteiger partial charge in [-0.15, -0.1) is 0 Å². The van der Waals surface area contributed by atoms with E-state index in [1.807, 2.05) is 32.9 Å². The highest BCUT2D eigenvalue weighted by molar-refractivity contribution is 7.89. The number of sulfonamides is 1. The van der Waals surface area contributed by atoms with E-state index in [0.717, 1.165) is 24.8 Å². The number of hydrogen-bond acceptors (Lipinski definition) is 4. The van der Waals surface area contributed by atoms with Crippen LogP contribution in [0.4, 0.5) is 0 Å². The van der Waals surface area contributed by atoms with Gasteiger partial charge in [0.2, 0.25) is 10.0 Å². The van der Waals surface area contributed by atoms with E-state index in [1.165, 1.54) is 0 Å². The molecule has 1 aromatic rings. The zero-order chi connectivity index (χ0) is 17.6. The van der Waals surface area contributed by atoms with Crippen LogP contribution in [0.1, 0.15) is 38.7 Å². The first-order valence-corrected chi connectivity index (χ1v) is 9.89. The fourth-order valence-corrected chi connectivity index (χ4v) is 5.15. The Morgan fingerprint density at radius 2 is 1.88 bits per heavy atom. The molecule has 0 atom stereocenters. The Balaban J connectivity index is 1.64. The lowest BCUT2D eigenvalue weighted by atomic mass is 9.81. The summed E-state index contributed by atoms with van der Waals surface area (Å²) in [6.07, 6.45) is 2.39. The summed E-state index contributed by atoms with van der Waals surface area (Å²) in [5.41, 5.74) is 0.540. The molecule has 1 saturated carbocycles. The number of hydrogen-bond donors (Lipinski definition) is 0. The molecule has 0 radical (unpaired) electrons. The number of rotatable bonds is 7. The van der Waals surface area contributed by atoms with Crippen LogP contribution in [-0.2, 0) is 19.5 Å². The van der Waals surface area contributed by atoms with Crippen molar-refractivity contribution in [3.05, 3.63) is 29.8 Å². The second kappa shape index (κ2) is 6.09. The number of fused-ring (bicyclic) bond motifs is 1. The Kier molecular flexibility index (Phi) is 4.53. The average molecular weight is 353 g/mol. The lowest BCUT2D eigenvalue weighted by Gasteiger charge is -2.37. The average Bonchev–Trinajstić information content (AvgIpc) is 3.04. The fourth-order valence-electron chi connectivity index (χ4n) is 3.45. The predicted molar refractivity (Wildman–Crippen MR) is 92.5 cm³/mol. The Morgan fingerprint density at radius 3 is 2.46 bits per heavy atom. The second-order valence-corrected chi connectivity index (χ2v) is 9.56. The summed E-state index contributed by atoms with van der Waals surface area (Å²) in [6, 6.07) is 7.13. The smallest absolute Gasteiger partial charge is 0.243 e. The van der Waals surface area contributed by atoms with E-state index in [1.54, 1.807) is 23.5 Å². The molecule has 0 aromatic heterocycles. The Morgan fingerprint density at radius 1 is 1.25 bits per heavy atom. The van der Waals surface area contributed by atoms with Gasteiger partial charge in [0.25, 0.3) is 0 Å². The SMILES string of the molecule is COC(C)(C)CCOC12CC(C1)N(S(=O)(=O)c1ccc(C)cc1)C2. The van der Waals surface area contributed by atoms with Crippen molar-refractivity contribution in [2.24, 2.45) is 0 Å². The highest BCUT2D eigenvalue weighted by Gasteiger charge is 2.59. The highest BCUT2D eigenvalue weighted by atomic mass is 32.2. The van der Waals surface area contributed by atoms with Gasteiger partial charge in [-0.3, -0.25) is 0 Å². The molecule has 4 rings (SSSR count). The van der Waals surface area contributed by atoms with Gasteiger partial charge in [0, 0.05) is 19.7 Å². The molecule has 0 spiro atoms. The molecule has 3 aliphatic rings. The largest absolute Gasteiger partial charge is 0.379 e. The van der Waals surface area contributed by atoms with Crippen molar-refractivity contribution in [2.75, 3.05) is 20.3 Å². The van der Waals surface area contributed by atoms with Gasteiger partial charge < -0.3 is 9.47 Å². The van der Waals surface area contributed by atoms with Crippen molar-refractivity contribution >= 4 is 10.0 Å². The van der Waals surface area contributed by atoms with E-state index in [9.17, 15) is 8.42 Å².